The molecular weight excluding hydrogens is 286 g/mol. The number of hydrogen-bond acceptors (Lipinski definition) is 5. The molecule has 0 fully saturated rings. The minimum absolute atomic E-state index is 0.158. The largest absolute Gasteiger partial charge is 0.454 e. The SMILES string of the molecule is O=C(NCCOCCn1cccn1)c1ccc2c(c1)OCO2. The van der Waals surface area contributed by atoms with Crippen LogP contribution in [-0.2, 0) is 11.3 Å². The lowest BCUT2D eigenvalue weighted by atomic mass is 10.2. The molecule has 0 saturated carbocycles. The molecule has 2 heterocycles. The van der Waals surface area contributed by atoms with Crippen LogP contribution in [0.15, 0.2) is 36.7 Å². The molecule has 0 unspecified atom stereocenters. The van der Waals surface area contributed by atoms with Crippen molar-refractivity contribution < 1.29 is 19.0 Å². The maximum Gasteiger partial charge on any atom is 0.251 e. The number of ether oxygens (including phenoxy) is 3. The van der Waals surface area contributed by atoms with E-state index in [0.29, 0.717) is 43.4 Å². The predicted octanol–water partition coefficient (Wildman–Crippen LogP) is 1.06. The van der Waals surface area contributed by atoms with Crippen molar-refractivity contribution in [1.82, 2.24) is 15.1 Å². The summed E-state index contributed by atoms with van der Waals surface area (Å²) in [5, 5.41) is 6.88. The number of benzene rings is 1. The van der Waals surface area contributed by atoms with Gasteiger partial charge in [-0.3, -0.25) is 9.48 Å². The smallest absolute Gasteiger partial charge is 0.251 e. The van der Waals surface area contributed by atoms with E-state index in [4.69, 9.17) is 14.2 Å². The van der Waals surface area contributed by atoms with Crippen LogP contribution < -0.4 is 14.8 Å². The molecule has 0 spiro atoms. The van der Waals surface area contributed by atoms with E-state index in [-0.39, 0.29) is 12.7 Å². The summed E-state index contributed by atoms with van der Waals surface area (Å²) in [5.74, 6) is 1.11. The van der Waals surface area contributed by atoms with E-state index in [1.807, 2.05) is 12.3 Å². The van der Waals surface area contributed by atoms with Gasteiger partial charge in [0.25, 0.3) is 5.91 Å². The highest BCUT2D eigenvalue weighted by atomic mass is 16.7. The van der Waals surface area contributed by atoms with Gasteiger partial charge in [0.1, 0.15) is 0 Å². The first-order valence-electron chi connectivity index (χ1n) is 7.06. The molecule has 1 amide bonds. The number of nitrogens with zero attached hydrogens (tertiary/aromatic N) is 2. The Bertz CT molecular complexity index is 628. The van der Waals surface area contributed by atoms with E-state index < -0.39 is 0 Å². The molecule has 0 atom stereocenters. The van der Waals surface area contributed by atoms with Crippen LogP contribution in [0.2, 0.25) is 0 Å². The summed E-state index contributed by atoms with van der Waals surface area (Å²) in [6, 6.07) is 6.99. The van der Waals surface area contributed by atoms with Crippen molar-refractivity contribution in [1.29, 1.82) is 0 Å². The molecule has 1 aliphatic rings. The van der Waals surface area contributed by atoms with Crippen LogP contribution in [0, 0.1) is 0 Å². The van der Waals surface area contributed by atoms with Crippen LogP contribution in [0.5, 0.6) is 11.5 Å². The number of carbonyl (C=O) groups is 1. The van der Waals surface area contributed by atoms with Gasteiger partial charge < -0.3 is 19.5 Å². The predicted molar refractivity (Wildman–Crippen MR) is 77.9 cm³/mol. The van der Waals surface area contributed by atoms with Gasteiger partial charge in [-0.25, -0.2) is 0 Å². The number of hydrogen-bond donors (Lipinski definition) is 1. The van der Waals surface area contributed by atoms with Crippen LogP contribution in [0.3, 0.4) is 0 Å². The van der Waals surface area contributed by atoms with Crippen LogP contribution in [0.4, 0.5) is 0 Å². The fourth-order valence-corrected chi connectivity index (χ4v) is 2.07. The summed E-state index contributed by atoms with van der Waals surface area (Å²) < 4.78 is 17.7. The molecule has 3 rings (SSSR count). The number of aromatic nitrogens is 2. The number of amides is 1. The molecule has 0 saturated heterocycles. The average molecular weight is 303 g/mol. The molecule has 1 N–H and O–H groups in total. The fourth-order valence-electron chi connectivity index (χ4n) is 2.07. The highest BCUT2D eigenvalue weighted by molar-refractivity contribution is 5.94. The van der Waals surface area contributed by atoms with E-state index in [1.165, 1.54) is 0 Å². The topological polar surface area (TPSA) is 74.6 Å². The summed E-state index contributed by atoms with van der Waals surface area (Å²) in [6.45, 7) is 2.36. The van der Waals surface area contributed by atoms with Crippen molar-refractivity contribution in [2.75, 3.05) is 26.6 Å². The zero-order valence-electron chi connectivity index (χ0n) is 12.0. The van der Waals surface area contributed by atoms with Gasteiger partial charge in [-0.2, -0.15) is 5.10 Å². The monoisotopic (exact) mass is 303 g/mol. The van der Waals surface area contributed by atoms with Crippen molar-refractivity contribution in [3.05, 3.63) is 42.2 Å². The first-order chi connectivity index (χ1) is 10.8. The van der Waals surface area contributed by atoms with Crippen LogP contribution in [0.25, 0.3) is 0 Å². The van der Waals surface area contributed by atoms with Crippen molar-refractivity contribution >= 4 is 5.91 Å². The molecule has 7 nitrogen and oxygen atoms in total. The summed E-state index contributed by atoms with van der Waals surface area (Å²) in [4.78, 5) is 12.0. The van der Waals surface area contributed by atoms with Gasteiger partial charge >= 0.3 is 0 Å². The Labute approximate surface area is 127 Å². The lowest BCUT2D eigenvalue weighted by Gasteiger charge is -2.07. The standard InChI is InChI=1S/C15H17N3O4/c19-15(12-2-3-13-14(10-12)22-11-21-13)16-5-8-20-9-7-18-6-1-4-17-18/h1-4,6,10H,5,7-9,11H2,(H,16,19). The summed E-state index contributed by atoms with van der Waals surface area (Å²) in [7, 11) is 0. The zero-order chi connectivity index (χ0) is 15.2. The third-order valence-electron chi connectivity index (χ3n) is 3.19. The molecule has 0 bridgehead atoms. The van der Waals surface area contributed by atoms with Crippen molar-refractivity contribution in [2.24, 2.45) is 0 Å². The Morgan fingerprint density at radius 2 is 2.23 bits per heavy atom. The molecule has 22 heavy (non-hydrogen) atoms. The third-order valence-corrected chi connectivity index (χ3v) is 3.19. The van der Waals surface area contributed by atoms with Crippen molar-refractivity contribution in [3.8, 4) is 11.5 Å². The normalized spacial score (nSPS) is 12.4. The minimum Gasteiger partial charge on any atom is -0.454 e. The first-order valence-corrected chi connectivity index (χ1v) is 7.06. The van der Waals surface area contributed by atoms with Gasteiger partial charge in [0.05, 0.1) is 19.8 Å². The van der Waals surface area contributed by atoms with Gasteiger partial charge in [-0.1, -0.05) is 0 Å². The highest BCUT2D eigenvalue weighted by Gasteiger charge is 2.15. The quantitative estimate of drug-likeness (QED) is 0.774. The molecule has 0 aliphatic carbocycles. The van der Waals surface area contributed by atoms with E-state index in [0.717, 1.165) is 0 Å². The van der Waals surface area contributed by atoms with E-state index in [1.54, 1.807) is 29.1 Å². The molecule has 7 heteroatoms. The Balaban J connectivity index is 1.35. The van der Waals surface area contributed by atoms with Crippen LogP contribution in [0.1, 0.15) is 10.4 Å². The molecule has 0 radical (unpaired) electrons. The fraction of sp³-hybridized carbons (Fsp3) is 0.333. The first kappa shape index (κ1) is 14.4. The second-order valence-corrected chi connectivity index (χ2v) is 4.71. The Hall–Kier alpha value is -2.54. The van der Waals surface area contributed by atoms with Gasteiger partial charge in [0, 0.05) is 24.5 Å². The molecule has 1 aromatic heterocycles. The number of nitrogens with one attached hydrogen (secondary N) is 1. The lowest BCUT2D eigenvalue weighted by molar-refractivity contribution is 0.0905. The highest BCUT2D eigenvalue weighted by Crippen LogP contribution is 2.32. The summed E-state index contributed by atoms with van der Waals surface area (Å²) >= 11 is 0. The van der Waals surface area contributed by atoms with Gasteiger partial charge in [0.2, 0.25) is 6.79 Å². The third kappa shape index (κ3) is 3.56. The molecule has 2 aromatic rings. The summed E-state index contributed by atoms with van der Waals surface area (Å²) in [6.07, 6.45) is 3.61. The Morgan fingerprint density at radius 3 is 3.09 bits per heavy atom. The maximum atomic E-state index is 12.0. The summed E-state index contributed by atoms with van der Waals surface area (Å²) in [5.41, 5.74) is 0.542. The lowest BCUT2D eigenvalue weighted by Crippen LogP contribution is -2.27. The Morgan fingerprint density at radius 1 is 1.32 bits per heavy atom. The van der Waals surface area contributed by atoms with Crippen LogP contribution >= 0.6 is 0 Å². The van der Waals surface area contributed by atoms with Crippen LogP contribution in [-0.4, -0.2) is 42.2 Å². The van der Waals surface area contributed by atoms with Crippen molar-refractivity contribution in [2.45, 2.75) is 6.54 Å². The molecule has 1 aliphatic heterocycles. The second-order valence-electron chi connectivity index (χ2n) is 4.71. The molecular formula is C15H17N3O4. The van der Waals surface area contributed by atoms with Gasteiger partial charge in [-0.15, -0.1) is 0 Å². The zero-order valence-corrected chi connectivity index (χ0v) is 12.0. The van der Waals surface area contributed by atoms with E-state index in [9.17, 15) is 4.79 Å². The van der Waals surface area contributed by atoms with Crippen molar-refractivity contribution in [3.63, 3.8) is 0 Å². The van der Waals surface area contributed by atoms with E-state index >= 15 is 0 Å². The van der Waals surface area contributed by atoms with Gasteiger partial charge in [0.15, 0.2) is 11.5 Å². The minimum atomic E-state index is -0.158. The average Bonchev–Trinajstić information content (AvgIpc) is 3.20. The number of rotatable bonds is 7. The van der Waals surface area contributed by atoms with Gasteiger partial charge in [-0.05, 0) is 24.3 Å². The Kier molecular flexibility index (Phi) is 4.55. The van der Waals surface area contributed by atoms with E-state index in [2.05, 4.69) is 10.4 Å². The number of fused-ring (bicyclic) bond motifs is 1. The maximum absolute atomic E-state index is 12.0. The molecule has 1 aromatic carbocycles. The number of carbonyl (C=O) groups excluding carboxylic acids is 1. The molecule has 116 valence electrons. The second kappa shape index (κ2) is 6.95.